The number of nitrogens with one attached hydrogen (secondary N) is 1. The van der Waals surface area contributed by atoms with Gasteiger partial charge in [-0.2, -0.15) is 5.26 Å². The van der Waals surface area contributed by atoms with Gasteiger partial charge in [0.15, 0.2) is 0 Å². The first-order chi connectivity index (χ1) is 7.67. The van der Waals surface area contributed by atoms with Gasteiger partial charge in [-0.05, 0) is 25.1 Å². The van der Waals surface area contributed by atoms with Gasteiger partial charge in [-0.25, -0.2) is 0 Å². The van der Waals surface area contributed by atoms with Gasteiger partial charge in [0.25, 0.3) is 0 Å². The second-order valence-electron chi connectivity index (χ2n) is 3.07. The fraction of sp³-hybridized carbons (Fsp3) is 0.273. The topological polar surface area (TPSA) is 88.1 Å². The third-order valence-corrected chi connectivity index (χ3v) is 1.91. The highest BCUT2D eigenvalue weighted by molar-refractivity contribution is 5.75. The molecule has 0 heterocycles. The first-order valence-corrected chi connectivity index (χ1v) is 4.86. The van der Waals surface area contributed by atoms with E-state index < -0.39 is 0 Å². The molecule has 0 aliphatic carbocycles. The molecule has 1 aromatic rings. The van der Waals surface area contributed by atoms with Crippen LogP contribution in [0.15, 0.2) is 18.2 Å². The van der Waals surface area contributed by atoms with Crippen molar-refractivity contribution in [1.82, 2.24) is 0 Å². The molecule has 5 heteroatoms. The lowest BCUT2D eigenvalue weighted by molar-refractivity contribution is -0.140. The number of rotatable bonds is 4. The Balaban J connectivity index is 2.59. The van der Waals surface area contributed by atoms with Crippen molar-refractivity contribution in [2.75, 3.05) is 24.2 Å². The lowest BCUT2D eigenvalue weighted by Crippen LogP contribution is -2.16. The van der Waals surface area contributed by atoms with Crippen LogP contribution in [0.5, 0.6) is 0 Å². The number of anilines is 2. The number of carbonyl (C=O) groups excluding carboxylic acids is 1. The summed E-state index contributed by atoms with van der Waals surface area (Å²) in [5.74, 6) is -0.328. The number of esters is 1. The van der Waals surface area contributed by atoms with Gasteiger partial charge in [0.1, 0.15) is 12.6 Å². The van der Waals surface area contributed by atoms with Gasteiger partial charge >= 0.3 is 5.97 Å². The van der Waals surface area contributed by atoms with E-state index in [9.17, 15) is 4.79 Å². The first kappa shape index (κ1) is 11.9. The summed E-state index contributed by atoms with van der Waals surface area (Å²) in [5, 5.41) is 11.5. The normalized spacial score (nSPS) is 9.25. The van der Waals surface area contributed by atoms with E-state index in [1.165, 1.54) is 0 Å². The molecule has 0 saturated carbocycles. The third kappa shape index (κ3) is 3.17. The van der Waals surface area contributed by atoms with Crippen LogP contribution in [-0.2, 0) is 9.53 Å². The maximum absolute atomic E-state index is 11.1. The molecule has 1 aromatic carbocycles. The van der Waals surface area contributed by atoms with E-state index in [1.54, 1.807) is 25.1 Å². The standard InChI is InChI=1S/C11H13N3O2/c1-2-16-11(15)7-14-9-4-3-8(6-12)10(13)5-9/h3-5,14H,2,7,13H2,1H3. The number of hydrogen-bond acceptors (Lipinski definition) is 5. The van der Waals surface area contributed by atoms with Gasteiger partial charge < -0.3 is 15.8 Å². The summed E-state index contributed by atoms with van der Waals surface area (Å²) < 4.78 is 4.75. The predicted octanol–water partition coefficient (Wildman–Crippen LogP) is 1.12. The van der Waals surface area contributed by atoms with E-state index in [2.05, 4.69) is 5.32 Å². The maximum atomic E-state index is 11.1. The number of ether oxygens (including phenoxy) is 1. The van der Waals surface area contributed by atoms with Crippen LogP contribution < -0.4 is 11.1 Å². The van der Waals surface area contributed by atoms with E-state index in [-0.39, 0.29) is 12.5 Å². The van der Waals surface area contributed by atoms with Gasteiger partial charge in [-0.15, -0.1) is 0 Å². The monoisotopic (exact) mass is 219 g/mol. The molecule has 84 valence electrons. The summed E-state index contributed by atoms with van der Waals surface area (Å²) in [4.78, 5) is 11.1. The molecular formula is C11H13N3O2. The molecule has 3 N–H and O–H groups in total. The summed E-state index contributed by atoms with van der Waals surface area (Å²) in [7, 11) is 0. The van der Waals surface area contributed by atoms with Crippen LogP contribution >= 0.6 is 0 Å². The summed E-state index contributed by atoms with van der Waals surface area (Å²) >= 11 is 0. The van der Waals surface area contributed by atoms with Crippen LogP contribution in [0.2, 0.25) is 0 Å². The van der Waals surface area contributed by atoms with Gasteiger partial charge in [0.05, 0.1) is 17.9 Å². The number of nitrogens with two attached hydrogens (primary N) is 1. The molecule has 0 aliphatic rings. The fourth-order valence-electron chi connectivity index (χ4n) is 1.16. The number of nitriles is 1. The molecule has 1 rings (SSSR count). The van der Waals surface area contributed by atoms with E-state index >= 15 is 0 Å². The summed E-state index contributed by atoms with van der Waals surface area (Å²) in [6, 6.07) is 6.86. The Morgan fingerprint density at radius 3 is 2.94 bits per heavy atom. The summed E-state index contributed by atoms with van der Waals surface area (Å²) in [6.45, 7) is 2.19. The molecule has 0 saturated heterocycles. The number of benzene rings is 1. The van der Waals surface area contributed by atoms with Crippen LogP contribution in [-0.4, -0.2) is 19.1 Å². The molecule has 0 amide bonds. The smallest absolute Gasteiger partial charge is 0.325 e. The van der Waals surface area contributed by atoms with Crippen LogP contribution in [0.1, 0.15) is 12.5 Å². The highest BCUT2D eigenvalue weighted by Crippen LogP contribution is 2.16. The van der Waals surface area contributed by atoms with Gasteiger partial charge in [-0.3, -0.25) is 4.79 Å². The molecule has 16 heavy (non-hydrogen) atoms. The van der Waals surface area contributed by atoms with Crippen molar-refractivity contribution >= 4 is 17.3 Å². The lowest BCUT2D eigenvalue weighted by atomic mass is 10.2. The van der Waals surface area contributed by atoms with Crippen molar-refractivity contribution in [1.29, 1.82) is 5.26 Å². The Kier molecular flexibility index (Phi) is 4.16. The number of carbonyl (C=O) groups is 1. The van der Waals surface area contributed by atoms with E-state index in [0.29, 0.717) is 23.5 Å². The van der Waals surface area contributed by atoms with E-state index in [4.69, 9.17) is 15.7 Å². The predicted molar refractivity (Wildman–Crippen MR) is 60.7 cm³/mol. The number of hydrogen-bond donors (Lipinski definition) is 2. The molecule has 0 bridgehead atoms. The van der Waals surface area contributed by atoms with Gasteiger partial charge in [-0.1, -0.05) is 0 Å². The second kappa shape index (κ2) is 5.61. The number of nitrogen functional groups attached to an aromatic ring is 1. The molecule has 0 unspecified atom stereocenters. The SMILES string of the molecule is CCOC(=O)CNc1ccc(C#N)c(N)c1. The zero-order valence-corrected chi connectivity index (χ0v) is 8.99. The Hall–Kier alpha value is -2.22. The summed E-state index contributed by atoms with van der Waals surface area (Å²) in [5.41, 5.74) is 7.11. The minimum absolute atomic E-state index is 0.0825. The third-order valence-electron chi connectivity index (χ3n) is 1.91. The minimum Gasteiger partial charge on any atom is -0.465 e. The molecule has 5 nitrogen and oxygen atoms in total. The van der Waals surface area contributed by atoms with Crippen LogP contribution in [0.4, 0.5) is 11.4 Å². The molecular weight excluding hydrogens is 206 g/mol. The van der Waals surface area contributed by atoms with Crippen molar-refractivity contribution in [3.8, 4) is 6.07 Å². The molecule has 0 aliphatic heterocycles. The highest BCUT2D eigenvalue weighted by atomic mass is 16.5. The van der Waals surface area contributed by atoms with E-state index in [0.717, 1.165) is 0 Å². The fourth-order valence-corrected chi connectivity index (χ4v) is 1.16. The highest BCUT2D eigenvalue weighted by Gasteiger charge is 2.03. The molecule has 0 atom stereocenters. The van der Waals surface area contributed by atoms with Crippen molar-refractivity contribution < 1.29 is 9.53 Å². The largest absolute Gasteiger partial charge is 0.465 e. The van der Waals surface area contributed by atoms with E-state index in [1.807, 2.05) is 6.07 Å². The second-order valence-corrected chi connectivity index (χ2v) is 3.07. The molecule has 0 fully saturated rings. The molecule has 0 spiro atoms. The summed E-state index contributed by atoms with van der Waals surface area (Å²) in [6.07, 6.45) is 0. The van der Waals surface area contributed by atoms with Crippen molar-refractivity contribution in [3.05, 3.63) is 23.8 Å². The van der Waals surface area contributed by atoms with Crippen molar-refractivity contribution in [3.63, 3.8) is 0 Å². The molecule has 0 aromatic heterocycles. The molecule has 0 radical (unpaired) electrons. The average molecular weight is 219 g/mol. The van der Waals surface area contributed by atoms with Crippen LogP contribution in [0, 0.1) is 11.3 Å². The van der Waals surface area contributed by atoms with Crippen LogP contribution in [0.3, 0.4) is 0 Å². The lowest BCUT2D eigenvalue weighted by Gasteiger charge is -2.07. The Labute approximate surface area is 93.8 Å². The van der Waals surface area contributed by atoms with Crippen molar-refractivity contribution in [2.45, 2.75) is 6.92 Å². The zero-order chi connectivity index (χ0) is 12.0. The van der Waals surface area contributed by atoms with Gasteiger partial charge in [0, 0.05) is 5.69 Å². The van der Waals surface area contributed by atoms with Gasteiger partial charge in [0.2, 0.25) is 0 Å². The quantitative estimate of drug-likeness (QED) is 0.585. The maximum Gasteiger partial charge on any atom is 0.325 e. The van der Waals surface area contributed by atoms with Crippen molar-refractivity contribution in [2.24, 2.45) is 0 Å². The zero-order valence-electron chi connectivity index (χ0n) is 8.99. The Morgan fingerprint density at radius 2 is 2.38 bits per heavy atom. The average Bonchev–Trinajstić information content (AvgIpc) is 2.27. The first-order valence-electron chi connectivity index (χ1n) is 4.86. The Morgan fingerprint density at radius 1 is 1.62 bits per heavy atom. The van der Waals surface area contributed by atoms with Crippen LogP contribution in [0.25, 0.3) is 0 Å². The number of nitrogens with zero attached hydrogens (tertiary/aromatic N) is 1. The minimum atomic E-state index is -0.328. The Bertz CT molecular complexity index is 424.